The molecule has 3 aromatic carbocycles. The zero-order chi connectivity index (χ0) is 63.0. The maximum atomic E-state index is 13.7. The summed E-state index contributed by atoms with van der Waals surface area (Å²) in [7, 11) is 0. The highest BCUT2D eigenvalue weighted by atomic mass is 16.6. The number of aromatic hydroxyl groups is 2. The third-order valence-corrected chi connectivity index (χ3v) is 13.0. The van der Waals surface area contributed by atoms with E-state index in [0.717, 1.165) is 12.3 Å². The number of hydrogen-bond donors (Lipinski definition) is 14. The molecule has 2 aliphatic heterocycles. The molecule has 1 spiro atoms. The Morgan fingerprint density at radius 2 is 1.09 bits per heavy atom. The molecule has 0 aromatic heterocycles. The quantitative estimate of drug-likeness (QED) is 0.0240. The van der Waals surface area contributed by atoms with E-state index in [1.165, 1.54) is 48.5 Å². The van der Waals surface area contributed by atoms with Crippen LogP contribution in [0.15, 0.2) is 59.6 Å². The number of carboxylic acids is 5. The molecule has 3 aromatic rings. The minimum atomic E-state index is -2.22. The number of benzene rings is 3. The number of nitrogens with zero attached hydrogens (tertiary/aromatic N) is 1. The summed E-state index contributed by atoms with van der Waals surface area (Å²) in [5.41, 5.74) is 3.77. The maximum Gasteiger partial charge on any atom is 0.340 e. The van der Waals surface area contributed by atoms with Gasteiger partial charge in [0.05, 0.1) is 44.4 Å². The van der Waals surface area contributed by atoms with Crippen molar-refractivity contribution in [3.63, 3.8) is 0 Å². The topological polar surface area (TPSA) is 535 Å². The highest BCUT2D eigenvalue weighted by molar-refractivity contribution is 6.04. The molecular formula is C53H55N7O25. The molecule has 452 valence electrons. The molecule has 2 heterocycles. The fraction of sp³-hybridized carbons (Fsp3) is 0.358. The number of esters is 1. The first-order chi connectivity index (χ1) is 40.0. The molecule has 32 nitrogen and oxygen atoms in total. The van der Waals surface area contributed by atoms with Gasteiger partial charge in [0.25, 0.3) is 11.8 Å². The van der Waals surface area contributed by atoms with Crippen LogP contribution in [0.1, 0.15) is 102 Å². The van der Waals surface area contributed by atoms with Gasteiger partial charge in [0.2, 0.25) is 29.5 Å². The van der Waals surface area contributed by atoms with Crippen molar-refractivity contribution in [1.82, 2.24) is 26.6 Å². The zero-order valence-electron chi connectivity index (χ0n) is 44.3. The second-order valence-electron chi connectivity index (χ2n) is 19.2. The van der Waals surface area contributed by atoms with Gasteiger partial charge in [-0.3, -0.25) is 67.1 Å². The van der Waals surface area contributed by atoms with E-state index < -0.39 is 208 Å². The second kappa shape index (κ2) is 28.8. The van der Waals surface area contributed by atoms with Crippen molar-refractivity contribution in [1.29, 1.82) is 0 Å². The summed E-state index contributed by atoms with van der Waals surface area (Å²) in [5, 5.41) is 88.2. The number of aliphatic hydroxyl groups excluding tert-OH is 1. The number of nitrogens with two attached hydrogens (primary N) is 1. The smallest absolute Gasteiger partial charge is 0.340 e. The average molecular weight is 1190 g/mol. The number of aliphatic carboxylic acids is 5. The summed E-state index contributed by atoms with van der Waals surface area (Å²) in [6.45, 7) is -2.29. The molecule has 5 rings (SSSR count). The number of phenolic OH excluding ortho intramolecular Hbond substituents is 2. The molecule has 85 heavy (non-hydrogen) atoms. The lowest BCUT2D eigenvalue weighted by Gasteiger charge is -2.36. The number of ketones is 2. The second-order valence-corrected chi connectivity index (χ2v) is 19.2. The number of nitrogens with one attached hydrogen (secondary N) is 5. The molecule has 0 saturated heterocycles. The largest absolute Gasteiger partial charge is 0.508 e. The predicted molar refractivity (Wildman–Crippen MR) is 279 cm³/mol. The first kappa shape index (κ1) is 65.2. The summed E-state index contributed by atoms with van der Waals surface area (Å²) in [6, 6.07) is 3.73. The SMILES string of the molecule is NC(=O)CC=NC(=O)C(CCC(=O)O)NC(=O)C(CCC(=O)O)CC(=O)C(CC(=O)O)CC(=O)C(CO)NC(=O)C(CC(=O)O)NC(=O)C(CC(=O)O)NC(=O)CNC(=O)c1ccc2c(c1)C(=O)OC21c2ccc(O)cc2Oc2cc(O)ccc21. The number of carbonyl (C=O) groups excluding carboxylic acids is 10. The molecule has 0 aliphatic carbocycles. The number of aliphatic hydroxyl groups is 1. The van der Waals surface area contributed by atoms with Crippen molar-refractivity contribution in [2.45, 2.75) is 94.0 Å². The van der Waals surface area contributed by atoms with Crippen LogP contribution >= 0.6 is 0 Å². The number of carboxylic acid groups (broad SMARTS) is 5. The van der Waals surface area contributed by atoms with Gasteiger partial charge in [-0.05, 0) is 49.2 Å². The number of phenols is 2. The van der Waals surface area contributed by atoms with Crippen LogP contribution in [0.2, 0.25) is 0 Å². The van der Waals surface area contributed by atoms with Crippen molar-refractivity contribution >= 4 is 94.9 Å². The number of rotatable bonds is 32. The standard InChI is InChI=1S/C53H55N7O25/c54-40(66)11-12-55-49(80)32(8-10-43(70)71)58-48(79)24(2-9-42(68)69)14-36(64)25(16-44(72)73)15-37(65)35(22-61)60-51(82)34(20-46(76)77)59-50(81)33(19-45(74)75)57-41(67)21-56-47(78)23-1-5-29-28(13-23)52(83)85-53(29)30-6-3-26(62)17-38(30)84-39-18-27(63)4-7-31(39)53/h1,3-7,12-13,17-18,24-25,32-35,61-63H,2,8-11,14-16,19-22H2,(H2,54,66)(H,56,78)(H,57,67)(H,58,79)(H,59,81)(H,60,82)(H,68,69)(H,70,71)(H,72,73)(H,74,75)(H,76,77). The Balaban J connectivity index is 1.25. The molecule has 2 aliphatic rings. The summed E-state index contributed by atoms with van der Waals surface area (Å²) in [4.78, 5) is 194. The first-order valence-electron chi connectivity index (χ1n) is 25.3. The third kappa shape index (κ3) is 17.4. The van der Waals surface area contributed by atoms with Gasteiger partial charge in [-0.1, -0.05) is 6.07 Å². The van der Waals surface area contributed by atoms with E-state index in [1.807, 2.05) is 16.0 Å². The van der Waals surface area contributed by atoms with Crippen molar-refractivity contribution in [2.75, 3.05) is 13.2 Å². The maximum absolute atomic E-state index is 13.7. The van der Waals surface area contributed by atoms with Gasteiger partial charge in [0.15, 0.2) is 11.4 Å². The number of Topliss-reactive ketones (excluding diaryl/α,β-unsaturated/α-hetero) is 2. The molecule has 0 fully saturated rings. The normalized spacial score (nSPS) is 14.6. The average Bonchev–Trinajstić information content (AvgIpc) is 1.71. The number of carbonyl (C=O) groups is 15. The molecule has 0 bridgehead atoms. The summed E-state index contributed by atoms with van der Waals surface area (Å²) < 4.78 is 11.9. The van der Waals surface area contributed by atoms with Crippen LogP contribution in [0.5, 0.6) is 23.0 Å². The van der Waals surface area contributed by atoms with Crippen LogP contribution in [0.4, 0.5) is 0 Å². The molecule has 32 heteroatoms. The van der Waals surface area contributed by atoms with Gasteiger partial charge in [-0.25, -0.2) is 9.79 Å². The Labute approximate surface area is 477 Å². The van der Waals surface area contributed by atoms with Gasteiger partial charge >= 0.3 is 35.8 Å². The van der Waals surface area contributed by atoms with Gasteiger partial charge in [0.1, 0.15) is 52.9 Å². The van der Waals surface area contributed by atoms with Crippen molar-refractivity contribution in [3.8, 4) is 23.0 Å². The van der Waals surface area contributed by atoms with E-state index >= 15 is 0 Å². The molecule has 0 radical (unpaired) electrons. The number of hydrogen-bond acceptors (Lipinski definition) is 20. The Bertz CT molecular complexity index is 3220. The molecule has 0 saturated carbocycles. The zero-order valence-corrected chi connectivity index (χ0v) is 44.3. The number of aliphatic imine (C=N–C) groups is 1. The number of fused-ring (bicyclic) bond motifs is 6. The van der Waals surface area contributed by atoms with E-state index in [-0.39, 0.29) is 50.8 Å². The van der Waals surface area contributed by atoms with Crippen molar-refractivity contribution in [3.05, 3.63) is 82.4 Å². The van der Waals surface area contributed by atoms with E-state index in [4.69, 9.17) is 20.3 Å². The molecular weight excluding hydrogens is 1130 g/mol. The Hall–Kier alpha value is -10.7. The molecule has 6 atom stereocenters. The molecule has 7 amide bonds. The minimum Gasteiger partial charge on any atom is -0.508 e. The van der Waals surface area contributed by atoms with Gasteiger partial charge in [0, 0.05) is 78.1 Å². The van der Waals surface area contributed by atoms with Gasteiger partial charge in [-0.2, -0.15) is 0 Å². The lowest BCUT2D eigenvalue weighted by molar-refractivity contribution is -0.144. The number of ether oxygens (including phenoxy) is 2. The Kier molecular flexibility index (Phi) is 22.1. The third-order valence-electron chi connectivity index (χ3n) is 13.0. The van der Waals surface area contributed by atoms with Crippen LogP contribution in [0.3, 0.4) is 0 Å². The van der Waals surface area contributed by atoms with Crippen molar-refractivity contribution in [2.24, 2.45) is 22.6 Å². The molecule has 6 unspecified atom stereocenters. The highest BCUT2D eigenvalue weighted by Gasteiger charge is 2.54. The van der Waals surface area contributed by atoms with Crippen LogP contribution in [0, 0.1) is 11.8 Å². The predicted octanol–water partition coefficient (Wildman–Crippen LogP) is -1.90. The fourth-order valence-electron chi connectivity index (χ4n) is 8.95. The summed E-state index contributed by atoms with van der Waals surface area (Å²) in [6.07, 6.45) is -8.30. The lowest BCUT2D eigenvalue weighted by atomic mass is 9.77. The van der Waals surface area contributed by atoms with Crippen LogP contribution in [-0.2, 0) is 72.7 Å². The fourth-order valence-corrected chi connectivity index (χ4v) is 8.95. The van der Waals surface area contributed by atoms with Crippen LogP contribution in [0.25, 0.3) is 0 Å². The van der Waals surface area contributed by atoms with E-state index in [1.54, 1.807) is 0 Å². The lowest BCUT2D eigenvalue weighted by Crippen LogP contribution is -2.57. The van der Waals surface area contributed by atoms with Gasteiger partial charge in [-0.15, -0.1) is 0 Å². The summed E-state index contributed by atoms with van der Waals surface area (Å²) in [5.74, 6) is -23.9. The van der Waals surface area contributed by atoms with E-state index in [0.29, 0.717) is 0 Å². The Morgan fingerprint density at radius 3 is 1.64 bits per heavy atom. The highest BCUT2D eigenvalue weighted by Crippen LogP contribution is 2.57. The minimum absolute atomic E-state index is 0.0752. The van der Waals surface area contributed by atoms with E-state index in [2.05, 4.69) is 15.6 Å². The van der Waals surface area contributed by atoms with Crippen LogP contribution < -0.4 is 37.1 Å². The van der Waals surface area contributed by atoms with Crippen molar-refractivity contribution < 1.29 is 122 Å². The monoisotopic (exact) mass is 1190 g/mol. The number of amides is 7. The van der Waals surface area contributed by atoms with Gasteiger partial charge < -0.3 is 82.6 Å². The number of primary amides is 1. The Morgan fingerprint density at radius 1 is 0.576 bits per heavy atom. The summed E-state index contributed by atoms with van der Waals surface area (Å²) >= 11 is 0. The molecule has 15 N–H and O–H groups in total. The van der Waals surface area contributed by atoms with E-state index in [9.17, 15) is 108 Å². The van der Waals surface area contributed by atoms with Crippen LogP contribution in [-0.4, -0.2) is 173 Å². The first-order valence-corrected chi connectivity index (χ1v) is 25.3.